The number of anilines is 2. The number of nitrogens with two attached hydrogens (primary N) is 1. The van der Waals surface area contributed by atoms with Crippen LogP contribution >= 0.6 is 0 Å². The minimum Gasteiger partial charge on any atom is -0.394 e. The molecule has 1 saturated heterocycles. The van der Waals surface area contributed by atoms with Crippen LogP contribution in [0, 0.1) is 0 Å². The van der Waals surface area contributed by atoms with Crippen LogP contribution in [0.5, 0.6) is 0 Å². The van der Waals surface area contributed by atoms with Crippen molar-refractivity contribution in [3.05, 3.63) is 12.0 Å². The molecule has 1 amide bonds. The molecule has 2 aliphatic rings. The van der Waals surface area contributed by atoms with Gasteiger partial charge in [-0.2, -0.15) is 0 Å². The van der Waals surface area contributed by atoms with Crippen LogP contribution in [-0.2, 0) is 9.53 Å². The van der Waals surface area contributed by atoms with Crippen molar-refractivity contribution < 1.29 is 9.53 Å². The fourth-order valence-electron chi connectivity index (χ4n) is 4.14. The molecule has 2 atom stereocenters. The van der Waals surface area contributed by atoms with Crippen LogP contribution in [0.4, 0.5) is 11.5 Å². The number of ether oxygens (including phenoxy) is 1. The van der Waals surface area contributed by atoms with Crippen molar-refractivity contribution in [1.82, 2.24) is 14.9 Å². The van der Waals surface area contributed by atoms with Gasteiger partial charge in [0.15, 0.2) is 5.82 Å². The lowest BCUT2D eigenvalue weighted by atomic mass is 9.80. The molecular formula is C19H31N5O2. The highest BCUT2D eigenvalue weighted by atomic mass is 16.5. The van der Waals surface area contributed by atoms with Gasteiger partial charge in [0.25, 0.3) is 0 Å². The number of nitrogens with zero attached hydrogens (tertiary/aromatic N) is 3. The number of carbonyl (C=O) groups is 1. The Kier molecular flexibility index (Phi) is 5.65. The highest BCUT2D eigenvalue weighted by Gasteiger charge is 2.41. The first kappa shape index (κ1) is 18.9. The van der Waals surface area contributed by atoms with Gasteiger partial charge in [0.1, 0.15) is 11.4 Å². The molecule has 0 aromatic carbocycles. The molecule has 0 bridgehead atoms. The highest BCUT2D eigenvalue weighted by molar-refractivity contribution is 5.89. The summed E-state index contributed by atoms with van der Waals surface area (Å²) in [5.74, 6) is 1.74. The standard InChI is InChI=1S/C19H31N5O2/c1-13-11-14(7-10-26-13)16-21-12-15(20)17(22-16)23-19(18(25)24(2)3)8-5-4-6-9-19/h12-14H,4-11,20H2,1-3H3,(H,21,22,23)/t13-,14-/m0/s1. The molecule has 144 valence electrons. The summed E-state index contributed by atoms with van der Waals surface area (Å²) in [6, 6.07) is 0. The Labute approximate surface area is 155 Å². The summed E-state index contributed by atoms with van der Waals surface area (Å²) in [6.45, 7) is 2.81. The number of likely N-dealkylation sites (N-methyl/N-ethyl adjacent to an activating group) is 1. The Morgan fingerprint density at radius 1 is 1.35 bits per heavy atom. The predicted molar refractivity (Wildman–Crippen MR) is 102 cm³/mol. The van der Waals surface area contributed by atoms with E-state index in [9.17, 15) is 4.79 Å². The van der Waals surface area contributed by atoms with Crippen molar-refractivity contribution in [3.8, 4) is 0 Å². The molecule has 0 radical (unpaired) electrons. The second-order valence-corrected chi connectivity index (χ2v) is 7.90. The second-order valence-electron chi connectivity index (χ2n) is 7.90. The smallest absolute Gasteiger partial charge is 0.247 e. The fourth-order valence-corrected chi connectivity index (χ4v) is 4.14. The van der Waals surface area contributed by atoms with Crippen molar-refractivity contribution in [2.24, 2.45) is 0 Å². The zero-order valence-corrected chi connectivity index (χ0v) is 16.1. The largest absolute Gasteiger partial charge is 0.394 e. The monoisotopic (exact) mass is 361 g/mol. The van der Waals surface area contributed by atoms with E-state index in [0.29, 0.717) is 11.5 Å². The van der Waals surface area contributed by atoms with Crippen LogP contribution in [0.25, 0.3) is 0 Å². The molecule has 3 rings (SSSR count). The van der Waals surface area contributed by atoms with E-state index in [-0.39, 0.29) is 17.9 Å². The van der Waals surface area contributed by atoms with Gasteiger partial charge in [-0.05, 0) is 32.6 Å². The molecule has 1 aromatic rings. The molecule has 1 saturated carbocycles. The number of rotatable bonds is 4. The number of nitrogens with one attached hydrogen (secondary N) is 1. The van der Waals surface area contributed by atoms with Gasteiger partial charge < -0.3 is 20.7 Å². The van der Waals surface area contributed by atoms with E-state index < -0.39 is 5.54 Å². The molecule has 1 aromatic heterocycles. The highest BCUT2D eigenvalue weighted by Crippen LogP contribution is 2.35. The molecule has 0 spiro atoms. The molecule has 2 heterocycles. The predicted octanol–water partition coefficient (Wildman–Crippen LogP) is 2.54. The number of hydrogen-bond acceptors (Lipinski definition) is 6. The molecule has 26 heavy (non-hydrogen) atoms. The van der Waals surface area contributed by atoms with Gasteiger partial charge in [-0.1, -0.05) is 19.3 Å². The van der Waals surface area contributed by atoms with Crippen molar-refractivity contribution in [2.75, 3.05) is 31.8 Å². The molecule has 7 heteroatoms. The summed E-state index contributed by atoms with van der Waals surface area (Å²) in [6.07, 6.45) is 8.53. The van der Waals surface area contributed by atoms with Gasteiger partial charge in [-0.3, -0.25) is 4.79 Å². The van der Waals surface area contributed by atoms with E-state index in [0.717, 1.165) is 57.4 Å². The maximum atomic E-state index is 12.9. The Bertz CT molecular complexity index is 643. The summed E-state index contributed by atoms with van der Waals surface area (Å²) in [7, 11) is 3.61. The van der Waals surface area contributed by atoms with E-state index in [1.54, 1.807) is 25.2 Å². The minimum absolute atomic E-state index is 0.0939. The number of amides is 1. The first-order valence-corrected chi connectivity index (χ1v) is 9.65. The molecular weight excluding hydrogens is 330 g/mol. The summed E-state index contributed by atoms with van der Waals surface area (Å²) in [4.78, 5) is 23.8. The van der Waals surface area contributed by atoms with E-state index in [1.165, 1.54) is 0 Å². The van der Waals surface area contributed by atoms with Gasteiger partial charge in [0, 0.05) is 26.6 Å². The first-order valence-electron chi connectivity index (χ1n) is 9.65. The summed E-state index contributed by atoms with van der Waals surface area (Å²) >= 11 is 0. The van der Waals surface area contributed by atoms with Crippen molar-refractivity contribution in [2.45, 2.75) is 69.4 Å². The summed E-state index contributed by atoms with van der Waals surface area (Å²) < 4.78 is 5.63. The summed E-state index contributed by atoms with van der Waals surface area (Å²) in [5, 5.41) is 3.44. The third-order valence-corrected chi connectivity index (χ3v) is 5.57. The van der Waals surface area contributed by atoms with Crippen molar-refractivity contribution in [3.63, 3.8) is 0 Å². The minimum atomic E-state index is -0.621. The Balaban J connectivity index is 1.87. The number of nitrogen functional groups attached to an aromatic ring is 1. The van der Waals surface area contributed by atoms with E-state index >= 15 is 0 Å². The molecule has 1 aliphatic heterocycles. The van der Waals surface area contributed by atoms with Crippen molar-refractivity contribution >= 4 is 17.4 Å². The molecule has 1 aliphatic carbocycles. The lowest BCUT2D eigenvalue weighted by molar-refractivity contribution is -0.134. The molecule has 7 nitrogen and oxygen atoms in total. The van der Waals surface area contributed by atoms with Crippen LogP contribution in [-0.4, -0.2) is 53.1 Å². The average molecular weight is 361 g/mol. The molecule has 0 unspecified atom stereocenters. The fraction of sp³-hybridized carbons (Fsp3) is 0.737. The maximum absolute atomic E-state index is 12.9. The van der Waals surface area contributed by atoms with Crippen LogP contribution in [0.15, 0.2) is 6.20 Å². The van der Waals surface area contributed by atoms with Gasteiger partial charge >= 0.3 is 0 Å². The van der Waals surface area contributed by atoms with Gasteiger partial charge in [-0.25, -0.2) is 9.97 Å². The number of aromatic nitrogens is 2. The van der Waals surface area contributed by atoms with E-state index in [1.807, 2.05) is 0 Å². The summed E-state index contributed by atoms with van der Waals surface area (Å²) in [5.41, 5.74) is 6.03. The molecule has 2 fully saturated rings. The number of hydrogen-bond donors (Lipinski definition) is 2. The van der Waals surface area contributed by atoms with Gasteiger partial charge in [0.05, 0.1) is 18.0 Å². The maximum Gasteiger partial charge on any atom is 0.247 e. The van der Waals surface area contributed by atoms with E-state index in [2.05, 4.69) is 17.2 Å². The lowest BCUT2D eigenvalue weighted by Crippen LogP contribution is -2.53. The van der Waals surface area contributed by atoms with Crippen LogP contribution in [0.2, 0.25) is 0 Å². The third kappa shape index (κ3) is 3.92. The van der Waals surface area contributed by atoms with Crippen LogP contribution < -0.4 is 11.1 Å². The topological polar surface area (TPSA) is 93.4 Å². The Morgan fingerprint density at radius 3 is 2.73 bits per heavy atom. The average Bonchev–Trinajstić information content (AvgIpc) is 2.63. The lowest BCUT2D eigenvalue weighted by Gasteiger charge is -2.39. The zero-order valence-electron chi connectivity index (χ0n) is 16.1. The quantitative estimate of drug-likeness (QED) is 0.856. The van der Waals surface area contributed by atoms with E-state index in [4.69, 9.17) is 15.5 Å². The molecule has 3 N–H and O–H groups in total. The van der Waals surface area contributed by atoms with Crippen LogP contribution in [0.1, 0.15) is 63.6 Å². The third-order valence-electron chi connectivity index (χ3n) is 5.57. The first-order chi connectivity index (χ1) is 12.4. The second kappa shape index (κ2) is 7.78. The Hall–Kier alpha value is -1.89. The van der Waals surface area contributed by atoms with Gasteiger partial charge in [-0.15, -0.1) is 0 Å². The SMILES string of the molecule is C[C@H]1C[C@@H](c2ncc(N)c(NC3(C(=O)N(C)C)CCCCC3)n2)CCO1. The Morgan fingerprint density at radius 2 is 2.08 bits per heavy atom. The van der Waals surface area contributed by atoms with Gasteiger partial charge in [0.2, 0.25) is 5.91 Å². The van der Waals surface area contributed by atoms with Crippen molar-refractivity contribution in [1.29, 1.82) is 0 Å². The number of carbonyl (C=O) groups excluding carboxylic acids is 1. The normalized spacial score (nSPS) is 25.5. The van der Waals surface area contributed by atoms with Crippen LogP contribution in [0.3, 0.4) is 0 Å². The zero-order chi connectivity index (χ0) is 18.7.